The Balaban J connectivity index is 1.39. The van der Waals surface area contributed by atoms with Crippen molar-refractivity contribution < 1.29 is 4.79 Å². The Hall–Kier alpha value is -3.67. The maximum Gasteiger partial charge on any atom is 0.254 e. The SMILES string of the molecule is C[C@@H](NC(=O)c1cnn(Cc2ccccc2)c1)c1ccc(-n2ccnc2)cc1. The summed E-state index contributed by atoms with van der Waals surface area (Å²) in [6.07, 6.45) is 8.78. The highest BCUT2D eigenvalue weighted by molar-refractivity contribution is 5.93. The molecule has 28 heavy (non-hydrogen) atoms. The van der Waals surface area contributed by atoms with Crippen LogP contribution >= 0.6 is 0 Å². The number of aromatic nitrogens is 4. The third kappa shape index (κ3) is 4.01. The third-order valence-corrected chi connectivity index (χ3v) is 4.63. The minimum Gasteiger partial charge on any atom is -0.345 e. The van der Waals surface area contributed by atoms with Gasteiger partial charge in [-0.25, -0.2) is 4.98 Å². The number of nitrogens with one attached hydrogen (secondary N) is 1. The number of amides is 1. The van der Waals surface area contributed by atoms with Crippen molar-refractivity contribution in [3.05, 3.63) is 102 Å². The molecule has 0 aliphatic heterocycles. The van der Waals surface area contributed by atoms with Crippen LogP contribution in [0.2, 0.25) is 0 Å². The molecule has 1 amide bonds. The van der Waals surface area contributed by atoms with Crippen LogP contribution in [0.5, 0.6) is 0 Å². The van der Waals surface area contributed by atoms with Crippen molar-refractivity contribution in [2.45, 2.75) is 19.5 Å². The average Bonchev–Trinajstić information content (AvgIpc) is 3.41. The normalized spacial score (nSPS) is 11.9. The zero-order valence-electron chi connectivity index (χ0n) is 15.6. The van der Waals surface area contributed by atoms with E-state index >= 15 is 0 Å². The van der Waals surface area contributed by atoms with E-state index in [-0.39, 0.29) is 11.9 Å². The lowest BCUT2D eigenvalue weighted by molar-refractivity contribution is 0.0940. The molecule has 1 atom stereocenters. The lowest BCUT2D eigenvalue weighted by Crippen LogP contribution is -2.26. The summed E-state index contributed by atoms with van der Waals surface area (Å²) in [5.74, 6) is -0.134. The molecule has 1 N–H and O–H groups in total. The molecule has 4 aromatic rings. The lowest BCUT2D eigenvalue weighted by atomic mass is 10.1. The van der Waals surface area contributed by atoms with Crippen LogP contribution in [-0.4, -0.2) is 25.2 Å². The maximum atomic E-state index is 12.6. The summed E-state index contributed by atoms with van der Waals surface area (Å²) in [5.41, 5.74) is 3.76. The van der Waals surface area contributed by atoms with E-state index in [1.807, 2.05) is 72.3 Å². The van der Waals surface area contributed by atoms with Crippen molar-refractivity contribution in [2.24, 2.45) is 0 Å². The molecule has 6 nitrogen and oxygen atoms in total. The van der Waals surface area contributed by atoms with E-state index in [9.17, 15) is 4.79 Å². The van der Waals surface area contributed by atoms with Crippen molar-refractivity contribution in [1.82, 2.24) is 24.6 Å². The highest BCUT2D eigenvalue weighted by Gasteiger charge is 2.13. The fourth-order valence-corrected chi connectivity index (χ4v) is 3.05. The van der Waals surface area contributed by atoms with Gasteiger partial charge in [0, 0.05) is 24.3 Å². The van der Waals surface area contributed by atoms with Crippen LogP contribution in [0.15, 0.2) is 85.7 Å². The van der Waals surface area contributed by atoms with E-state index in [1.165, 1.54) is 0 Å². The number of nitrogens with zero attached hydrogens (tertiary/aromatic N) is 4. The first-order valence-electron chi connectivity index (χ1n) is 9.14. The molecule has 0 saturated carbocycles. The number of hydrogen-bond donors (Lipinski definition) is 1. The Morgan fingerprint density at radius 2 is 1.89 bits per heavy atom. The van der Waals surface area contributed by atoms with Gasteiger partial charge in [-0.3, -0.25) is 9.48 Å². The average molecular weight is 371 g/mol. The fourth-order valence-electron chi connectivity index (χ4n) is 3.05. The monoisotopic (exact) mass is 371 g/mol. The molecular weight excluding hydrogens is 350 g/mol. The third-order valence-electron chi connectivity index (χ3n) is 4.63. The second kappa shape index (κ2) is 7.92. The van der Waals surface area contributed by atoms with Crippen LogP contribution in [-0.2, 0) is 6.54 Å². The van der Waals surface area contributed by atoms with Crippen LogP contribution in [0, 0.1) is 0 Å². The number of carbonyl (C=O) groups is 1. The van der Waals surface area contributed by atoms with Gasteiger partial charge in [0.1, 0.15) is 0 Å². The highest BCUT2D eigenvalue weighted by atomic mass is 16.1. The van der Waals surface area contributed by atoms with E-state index in [0.29, 0.717) is 12.1 Å². The van der Waals surface area contributed by atoms with Gasteiger partial charge in [0.25, 0.3) is 5.91 Å². The lowest BCUT2D eigenvalue weighted by Gasteiger charge is -2.14. The van der Waals surface area contributed by atoms with Gasteiger partial charge in [-0.1, -0.05) is 42.5 Å². The summed E-state index contributed by atoms with van der Waals surface area (Å²) in [5, 5.41) is 7.33. The summed E-state index contributed by atoms with van der Waals surface area (Å²) in [6.45, 7) is 2.61. The summed E-state index contributed by atoms with van der Waals surface area (Å²) in [4.78, 5) is 16.6. The first-order chi connectivity index (χ1) is 13.7. The van der Waals surface area contributed by atoms with Crippen molar-refractivity contribution in [2.75, 3.05) is 0 Å². The largest absolute Gasteiger partial charge is 0.345 e. The second-order valence-corrected chi connectivity index (χ2v) is 6.67. The predicted molar refractivity (Wildman–Crippen MR) is 107 cm³/mol. The molecule has 2 aromatic carbocycles. The number of rotatable bonds is 6. The minimum atomic E-state index is -0.134. The fraction of sp³-hybridized carbons (Fsp3) is 0.136. The van der Waals surface area contributed by atoms with E-state index < -0.39 is 0 Å². The molecule has 0 fully saturated rings. The molecular formula is C22H21N5O. The van der Waals surface area contributed by atoms with Crippen molar-refractivity contribution in [1.29, 1.82) is 0 Å². The quantitative estimate of drug-likeness (QED) is 0.563. The minimum absolute atomic E-state index is 0.109. The molecule has 0 aliphatic carbocycles. The summed E-state index contributed by atoms with van der Waals surface area (Å²) < 4.78 is 3.71. The molecule has 0 spiro atoms. The first kappa shape index (κ1) is 17.7. The Kier molecular flexibility index (Phi) is 5.01. The zero-order chi connectivity index (χ0) is 19.3. The number of benzene rings is 2. The van der Waals surface area contributed by atoms with Crippen molar-refractivity contribution in [3.63, 3.8) is 0 Å². The summed E-state index contributed by atoms with van der Waals surface area (Å²) >= 11 is 0. The smallest absolute Gasteiger partial charge is 0.254 e. The Bertz CT molecular complexity index is 1040. The van der Waals surface area contributed by atoms with Crippen LogP contribution < -0.4 is 5.32 Å². The van der Waals surface area contributed by atoms with Gasteiger partial charge in [-0.15, -0.1) is 0 Å². The van der Waals surface area contributed by atoms with E-state index in [1.54, 1.807) is 29.6 Å². The zero-order valence-corrected chi connectivity index (χ0v) is 15.6. The molecule has 2 heterocycles. The molecule has 0 saturated heterocycles. The molecule has 4 rings (SSSR count). The van der Waals surface area contributed by atoms with Crippen molar-refractivity contribution in [3.8, 4) is 5.69 Å². The molecule has 6 heteroatoms. The van der Waals surface area contributed by atoms with E-state index in [0.717, 1.165) is 16.8 Å². The standard InChI is InChI=1S/C22H21N5O/c1-17(19-7-9-21(10-8-19)26-12-11-23-16-26)25-22(28)20-13-24-27(15-20)14-18-5-3-2-4-6-18/h2-13,15-17H,14H2,1H3,(H,25,28)/t17-/m1/s1. The van der Waals surface area contributed by atoms with Gasteiger partial charge in [-0.05, 0) is 30.2 Å². The van der Waals surface area contributed by atoms with Gasteiger partial charge in [0.2, 0.25) is 0 Å². The van der Waals surface area contributed by atoms with Gasteiger partial charge in [0.05, 0.1) is 30.7 Å². The van der Waals surface area contributed by atoms with Crippen LogP contribution in [0.1, 0.15) is 34.5 Å². The molecule has 0 bridgehead atoms. The number of carbonyl (C=O) groups excluding carboxylic acids is 1. The molecule has 0 unspecified atom stereocenters. The van der Waals surface area contributed by atoms with Crippen LogP contribution in [0.4, 0.5) is 0 Å². The van der Waals surface area contributed by atoms with Gasteiger partial charge in [0.15, 0.2) is 0 Å². The molecule has 2 aromatic heterocycles. The van der Waals surface area contributed by atoms with E-state index in [4.69, 9.17) is 0 Å². The topological polar surface area (TPSA) is 64.7 Å². The van der Waals surface area contributed by atoms with Crippen molar-refractivity contribution >= 4 is 5.91 Å². The van der Waals surface area contributed by atoms with Gasteiger partial charge < -0.3 is 9.88 Å². The van der Waals surface area contributed by atoms with Gasteiger partial charge in [-0.2, -0.15) is 5.10 Å². The number of imidazole rings is 1. The van der Waals surface area contributed by atoms with E-state index in [2.05, 4.69) is 15.4 Å². The molecule has 140 valence electrons. The Morgan fingerprint density at radius 3 is 2.61 bits per heavy atom. The molecule has 0 radical (unpaired) electrons. The van der Waals surface area contributed by atoms with Crippen LogP contribution in [0.25, 0.3) is 5.69 Å². The predicted octanol–water partition coefficient (Wildman–Crippen LogP) is 3.61. The number of hydrogen-bond acceptors (Lipinski definition) is 3. The maximum absolute atomic E-state index is 12.6. The second-order valence-electron chi connectivity index (χ2n) is 6.67. The Morgan fingerprint density at radius 1 is 1.11 bits per heavy atom. The highest BCUT2D eigenvalue weighted by Crippen LogP contribution is 2.16. The summed E-state index contributed by atoms with van der Waals surface area (Å²) in [7, 11) is 0. The van der Waals surface area contributed by atoms with Gasteiger partial charge >= 0.3 is 0 Å². The molecule has 0 aliphatic rings. The first-order valence-corrected chi connectivity index (χ1v) is 9.14. The summed E-state index contributed by atoms with van der Waals surface area (Å²) in [6, 6.07) is 18.0. The van der Waals surface area contributed by atoms with Crippen LogP contribution in [0.3, 0.4) is 0 Å². The Labute approximate surface area is 163 Å².